The Morgan fingerprint density at radius 2 is 2.04 bits per heavy atom. The van der Waals surface area contributed by atoms with E-state index in [1.165, 1.54) is 0 Å². The summed E-state index contributed by atoms with van der Waals surface area (Å²) in [5.74, 6) is 0.204. The van der Waals surface area contributed by atoms with E-state index in [1.807, 2.05) is 18.2 Å². The van der Waals surface area contributed by atoms with E-state index in [-0.39, 0.29) is 30.4 Å². The summed E-state index contributed by atoms with van der Waals surface area (Å²) in [6.45, 7) is 0. The van der Waals surface area contributed by atoms with E-state index in [0.29, 0.717) is 29.3 Å². The zero-order valence-corrected chi connectivity index (χ0v) is 15.2. The van der Waals surface area contributed by atoms with Gasteiger partial charge in [-0.15, -0.1) is 0 Å². The molecule has 0 spiro atoms. The molecule has 25 heavy (non-hydrogen) atoms. The summed E-state index contributed by atoms with van der Waals surface area (Å²) < 4.78 is 0. The third kappa shape index (κ3) is 4.94. The maximum Gasteiger partial charge on any atom is 0.224 e. The standard InChI is InChI=1S/C19H20Cl2N2O2/c20-16-5-4-12(7-17(16)21)8-19(25)23-18(13-9-15(24)10-13)11-14-3-1-2-6-22-14/h1-7,13,15,18,24H,8-11H2,(H,23,25). The zero-order valence-electron chi connectivity index (χ0n) is 13.7. The molecule has 0 radical (unpaired) electrons. The first-order chi connectivity index (χ1) is 12.0. The SMILES string of the molecule is O=C(Cc1ccc(Cl)c(Cl)c1)NC(Cc1ccccn1)C1CC(O)C1. The van der Waals surface area contributed by atoms with E-state index in [0.717, 1.165) is 11.3 Å². The van der Waals surface area contributed by atoms with Gasteiger partial charge in [0.2, 0.25) is 5.91 Å². The number of carbonyl (C=O) groups excluding carboxylic acids is 1. The molecule has 1 fully saturated rings. The first-order valence-corrected chi connectivity index (χ1v) is 9.08. The zero-order chi connectivity index (χ0) is 17.8. The second-order valence-corrected chi connectivity index (χ2v) is 7.32. The molecule has 3 rings (SSSR count). The molecule has 1 saturated carbocycles. The van der Waals surface area contributed by atoms with Gasteiger partial charge < -0.3 is 10.4 Å². The van der Waals surface area contributed by atoms with Gasteiger partial charge >= 0.3 is 0 Å². The van der Waals surface area contributed by atoms with Crippen molar-refractivity contribution in [3.05, 3.63) is 63.9 Å². The first kappa shape index (κ1) is 18.2. The second-order valence-electron chi connectivity index (χ2n) is 6.51. The number of benzene rings is 1. The van der Waals surface area contributed by atoms with E-state index < -0.39 is 0 Å². The van der Waals surface area contributed by atoms with Gasteiger partial charge in [0, 0.05) is 24.4 Å². The van der Waals surface area contributed by atoms with E-state index in [9.17, 15) is 9.90 Å². The Labute approximate surface area is 157 Å². The highest BCUT2D eigenvalue weighted by Gasteiger charge is 2.34. The summed E-state index contributed by atoms with van der Waals surface area (Å²) in [5, 5.41) is 13.6. The van der Waals surface area contributed by atoms with Crippen LogP contribution in [0.5, 0.6) is 0 Å². The highest BCUT2D eigenvalue weighted by atomic mass is 35.5. The largest absolute Gasteiger partial charge is 0.393 e. The molecule has 1 atom stereocenters. The van der Waals surface area contributed by atoms with Gasteiger partial charge in [0.15, 0.2) is 0 Å². The van der Waals surface area contributed by atoms with E-state index in [2.05, 4.69) is 10.3 Å². The number of aliphatic hydroxyl groups is 1. The van der Waals surface area contributed by atoms with Crippen molar-refractivity contribution in [2.45, 2.75) is 37.8 Å². The highest BCUT2D eigenvalue weighted by Crippen LogP contribution is 2.31. The first-order valence-electron chi connectivity index (χ1n) is 8.32. The molecule has 4 nitrogen and oxygen atoms in total. The normalized spacial score (nSPS) is 20.6. The number of carbonyl (C=O) groups is 1. The van der Waals surface area contributed by atoms with Crippen LogP contribution in [0.15, 0.2) is 42.6 Å². The predicted octanol–water partition coefficient (Wildman–Crippen LogP) is 3.43. The third-order valence-electron chi connectivity index (χ3n) is 4.57. The van der Waals surface area contributed by atoms with Gasteiger partial charge in [-0.3, -0.25) is 9.78 Å². The molecule has 1 aromatic heterocycles. The number of hydrogen-bond acceptors (Lipinski definition) is 3. The molecule has 0 saturated heterocycles. The van der Waals surface area contributed by atoms with Gasteiger partial charge in [-0.1, -0.05) is 35.3 Å². The number of halogens is 2. The fourth-order valence-electron chi connectivity index (χ4n) is 3.13. The van der Waals surface area contributed by atoms with E-state index in [1.54, 1.807) is 24.4 Å². The lowest BCUT2D eigenvalue weighted by atomic mass is 9.76. The molecule has 132 valence electrons. The highest BCUT2D eigenvalue weighted by molar-refractivity contribution is 6.42. The summed E-state index contributed by atoms with van der Waals surface area (Å²) in [6, 6.07) is 10.9. The van der Waals surface area contributed by atoms with Crippen LogP contribution in [0.1, 0.15) is 24.1 Å². The molecule has 2 aromatic rings. The van der Waals surface area contributed by atoms with Crippen LogP contribution < -0.4 is 5.32 Å². The maximum absolute atomic E-state index is 12.5. The van der Waals surface area contributed by atoms with Gasteiger partial charge in [0.25, 0.3) is 0 Å². The second kappa shape index (κ2) is 8.17. The fraction of sp³-hybridized carbons (Fsp3) is 0.368. The van der Waals surface area contributed by atoms with Crippen molar-refractivity contribution in [2.75, 3.05) is 0 Å². The maximum atomic E-state index is 12.5. The molecule has 1 aliphatic carbocycles. The van der Waals surface area contributed by atoms with Crippen molar-refractivity contribution in [3.8, 4) is 0 Å². The number of nitrogens with zero attached hydrogens (tertiary/aromatic N) is 1. The van der Waals surface area contributed by atoms with Crippen LogP contribution >= 0.6 is 23.2 Å². The quantitative estimate of drug-likeness (QED) is 0.809. The summed E-state index contributed by atoms with van der Waals surface area (Å²) in [7, 11) is 0. The van der Waals surface area contributed by atoms with Gasteiger partial charge in [-0.2, -0.15) is 0 Å². The minimum absolute atomic E-state index is 0.0337. The van der Waals surface area contributed by atoms with Crippen molar-refractivity contribution >= 4 is 29.1 Å². The molecule has 1 heterocycles. The third-order valence-corrected chi connectivity index (χ3v) is 5.31. The Hall–Kier alpha value is -1.62. The molecular weight excluding hydrogens is 359 g/mol. The Balaban J connectivity index is 1.64. The molecule has 1 amide bonds. The monoisotopic (exact) mass is 378 g/mol. The van der Waals surface area contributed by atoms with Crippen LogP contribution in [0.3, 0.4) is 0 Å². The average molecular weight is 379 g/mol. The van der Waals surface area contributed by atoms with Crippen LogP contribution in [-0.2, 0) is 17.6 Å². The van der Waals surface area contributed by atoms with Crippen LogP contribution in [0.4, 0.5) is 0 Å². The lowest BCUT2D eigenvalue weighted by Crippen LogP contribution is -2.48. The van der Waals surface area contributed by atoms with Gasteiger partial charge in [-0.25, -0.2) is 0 Å². The number of rotatable bonds is 6. The molecule has 1 aliphatic rings. The fourth-order valence-corrected chi connectivity index (χ4v) is 3.45. The van der Waals surface area contributed by atoms with E-state index >= 15 is 0 Å². The molecule has 6 heteroatoms. The van der Waals surface area contributed by atoms with E-state index in [4.69, 9.17) is 23.2 Å². The number of pyridine rings is 1. The van der Waals surface area contributed by atoms with Gasteiger partial charge in [0.1, 0.15) is 0 Å². The van der Waals surface area contributed by atoms with Crippen molar-refractivity contribution in [2.24, 2.45) is 5.92 Å². The summed E-state index contributed by atoms with van der Waals surface area (Å²) in [4.78, 5) is 16.8. The Bertz CT molecular complexity index is 733. The lowest BCUT2D eigenvalue weighted by molar-refractivity contribution is -0.122. The smallest absolute Gasteiger partial charge is 0.224 e. The summed E-state index contributed by atoms with van der Waals surface area (Å²) >= 11 is 11.9. The summed E-state index contributed by atoms with van der Waals surface area (Å²) in [6.07, 6.45) is 3.81. The van der Waals surface area contributed by atoms with Crippen molar-refractivity contribution in [1.29, 1.82) is 0 Å². The molecule has 1 unspecified atom stereocenters. The summed E-state index contributed by atoms with van der Waals surface area (Å²) in [5.41, 5.74) is 1.75. The molecule has 2 N–H and O–H groups in total. The van der Waals surface area contributed by atoms with Crippen LogP contribution in [-0.4, -0.2) is 28.1 Å². The van der Waals surface area contributed by atoms with Crippen LogP contribution in [0.2, 0.25) is 10.0 Å². The van der Waals surface area contributed by atoms with Crippen molar-refractivity contribution in [3.63, 3.8) is 0 Å². The lowest BCUT2D eigenvalue weighted by Gasteiger charge is -2.38. The Morgan fingerprint density at radius 1 is 1.24 bits per heavy atom. The predicted molar refractivity (Wildman–Crippen MR) is 98.8 cm³/mol. The number of aliphatic hydroxyl groups excluding tert-OH is 1. The van der Waals surface area contributed by atoms with Crippen molar-refractivity contribution in [1.82, 2.24) is 10.3 Å². The van der Waals surface area contributed by atoms with Gasteiger partial charge in [0.05, 0.1) is 22.6 Å². The molecule has 0 bridgehead atoms. The van der Waals surface area contributed by atoms with Crippen LogP contribution in [0, 0.1) is 5.92 Å². The number of hydrogen-bond donors (Lipinski definition) is 2. The molecular formula is C19H20Cl2N2O2. The Kier molecular flexibility index (Phi) is 5.94. The molecule has 0 aliphatic heterocycles. The Morgan fingerprint density at radius 3 is 2.68 bits per heavy atom. The van der Waals surface area contributed by atoms with Crippen LogP contribution in [0.25, 0.3) is 0 Å². The molecule has 1 aromatic carbocycles. The van der Waals surface area contributed by atoms with Crippen molar-refractivity contribution < 1.29 is 9.90 Å². The minimum atomic E-state index is -0.261. The number of nitrogens with one attached hydrogen (secondary N) is 1. The topological polar surface area (TPSA) is 62.2 Å². The minimum Gasteiger partial charge on any atom is -0.393 e. The average Bonchev–Trinajstić information content (AvgIpc) is 2.56. The number of amides is 1. The van der Waals surface area contributed by atoms with Gasteiger partial charge in [-0.05, 0) is 48.6 Å². The number of aromatic nitrogens is 1.